The molecule has 2 aliphatic heterocycles. The molecule has 1 radical (unpaired) electrons. The molecule has 2 aromatic carbocycles. The van der Waals surface area contributed by atoms with Crippen LogP contribution >= 0.6 is 0 Å². The van der Waals surface area contributed by atoms with Crippen molar-refractivity contribution in [2.24, 2.45) is 10.1 Å². The molecule has 0 N–H and O–H groups in total. The van der Waals surface area contributed by atoms with Gasteiger partial charge in [-0.05, 0) is 19.4 Å². The van der Waals surface area contributed by atoms with Crippen LogP contribution in [0.4, 0.5) is 5.69 Å². The molecule has 107 valence electrons. The summed E-state index contributed by atoms with van der Waals surface area (Å²) in [6.45, 7) is 6.24. The van der Waals surface area contributed by atoms with Gasteiger partial charge in [-0.15, -0.1) is 6.07 Å². The van der Waals surface area contributed by atoms with Crippen LogP contribution < -0.4 is 0 Å². The summed E-state index contributed by atoms with van der Waals surface area (Å²) >= 11 is 0. The number of hydrogen-bond donors (Lipinski definition) is 0. The summed E-state index contributed by atoms with van der Waals surface area (Å²) in [6, 6.07) is 13.9. The van der Waals surface area contributed by atoms with Crippen molar-refractivity contribution in [1.29, 1.82) is 0 Å². The Hall–Kier alpha value is -1.64. The minimum atomic E-state index is -0.0308. The van der Waals surface area contributed by atoms with Crippen molar-refractivity contribution in [3.05, 3.63) is 53.1 Å². The monoisotopic (exact) mass is 454 g/mol. The number of benzene rings is 2. The number of amidine groups is 1. The molecule has 1 unspecified atom stereocenters. The second kappa shape index (κ2) is 4.97. The van der Waals surface area contributed by atoms with Gasteiger partial charge in [0.05, 0.1) is 0 Å². The number of azo groups is 2. The van der Waals surface area contributed by atoms with E-state index in [1.54, 1.807) is 0 Å². The van der Waals surface area contributed by atoms with Gasteiger partial charge in [0.1, 0.15) is 5.69 Å². The first-order chi connectivity index (χ1) is 9.65. The Kier molecular flexibility index (Phi) is 3.39. The van der Waals surface area contributed by atoms with Gasteiger partial charge in [-0.1, -0.05) is 33.5 Å². The minimum absolute atomic E-state index is 0. The minimum Gasteiger partial charge on any atom is -0.190 e. The molecule has 2 aromatic rings. The molecule has 1 atom stereocenters. The Morgan fingerprint density at radius 3 is 2.76 bits per heavy atom. The summed E-state index contributed by atoms with van der Waals surface area (Å²) in [6.07, 6.45) is -0.0308. The smallest absolute Gasteiger partial charge is 0.190 e. The molecule has 21 heavy (non-hydrogen) atoms. The van der Waals surface area contributed by atoms with Gasteiger partial charge in [0.15, 0.2) is 5.84 Å². The van der Waals surface area contributed by atoms with Gasteiger partial charge >= 0.3 is 6.17 Å². The molecule has 0 saturated heterocycles. The Balaban J connectivity index is 0.00000132. The molecular weight excluding hydrogens is 438 g/mol. The number of fused-ring (bicyclic) bond motifs is 6. The fourth-order valence-corrected chi connectivity index (χ4v) is 3.21. The van der Waals surface area contributed by atoms with Crippen molar-refractivity contribution < 1.29 is 24.8 Å². The third kappa shape index (κ3) is 2.02. The van der Waals surface area contributed by atoms with Gasteiger partial charge in [0.2, 0.25) is 0 Å². The maximum Gasteiger partial charge on any atom is 0.302 e. The Morgan fingerprint density at radius 2 is 1.95 bits per heavy atom. The van der Waals surface area contributed by atoms with Gasteiger partial charge in [-0.3, -0.25) is 0 Å². The Bertz CT molecular complexity index is 806. The quantitative estimate of drug-likeness (QED) is 0.420. The first kappa shape index (κ1) is 14.3. The van der Waals surface area contributed by atoms with Gasteiger partial charge in [-0.25, -0.2) is 0 Å². The average molecular weight is 454 g/mol. The first-order valence-electron chi connectivity index (χ1n) is 6.82. The largest absolute Gasteiger partial charge is 0.302 e. The molecule has 3 nitrogen and oxygen atoms in total. The van der Waals surface area contributed by atoms with Crippen LogP contribution in [0, 0.1) is 19.9 Å². The third-order valence-corrected chi connectivity index (χ3v) is 3.94. The van der Waals surface area contributed by atoms with E-state index in [9.17, 15) is 0 Å². The standard InChI is InChI=1S/C17H15N3.Ir/c1-10-8-11(2)16-14(9-10)13-6-4-5-7-15(13)20-17(16)18-12(3)19-20;/h4-6,8-9,17H,1-3H3;. The molecular formula is C17H15IrN3. The van der Waals surface area contributed by atoms with E-state index in [2.05, 4.69) is 43.2 Å². The summed E-state index contributed by atoms with van der Waals surface area (Å²) in [5.41, 5.74) is 7.31. The third-order valence-electron chi connectivity index (χ3n) is 3.94. The normalized spacial score (nSPS) is 18.0. The topological polar surface area (TPSA) is 27.7 Å². The van der Waals surface area contributed by atoms with Gasteiger partial charge < -0.3 is 0 Å². The van der Waals surface area contributed by atoms with Crippen LogP contribution in [0.3, 0.4) is 0 Å². The van der Waals surface area contributed by atoms with Crippen LogP contribution in [0.1, 0.15) is 29.8 Å². The average Bonchev–Trinajstić information content (AvgIpc) is 2.80. The van der Waals surface area contributed by atoms with Gasteiger partial charge in [-0.2, -0.15) is 23.2 Å². The van der Waals surface area contributed by atoms with E-state index in [4.69, 9.17) is 4.99 Å². The summed E-state index contributed by atoms with van der Waals surface area (Å²) in [5, 5.41) is 4.57. The molecule has 0 aromatic heterocycles. The zero-order valence-electron chi connectivity index (χ0n) is 12.1. The van der Waals surface area contributed by atoms with E-state index in [-0.39, 0.29) is 26.3 Å². The Labute approximate surface area is 137 Å². The van der Waals surface area contributed by atoms with Crippen LogP contribution in [0.15, 0.2) is 40.4 Å². The second-order valence-electron chi connectivity index (χ2n) is 5.47. The van der Waals surface area contributed by atoms with Crippen molar-refractivity contribution in [3.8, 4) is 11.1 Å². The van der Waals surface area contributed by atoms with Crippen LogP contribution in [0.25, 0.3) is 11.1 Å². The number of rotatable bonds is 0. The van der Waals surface area contributed by atoms with Gasteiger partial charge in [0, 0.05) is 37.7 Å². The predicted molar refractivity (Wildman–Crippen MR) is 78.4 cm³/mol. The van der Waals surface area contributed by atoms with Crippen molar-refractivity contribution in [2.75, 3.05) is 0 Å². The number of para-hydroxylation sites is 1. The summed E-state index contributed by atoms with van der Waals surface area (Å²) < 4.78 is 2.00. The van der Waals surface area contributed by atoms with E-state index < -0.39 is 0 Å². The zero-order valence-corrected chi connectivity index (χ0v) is 14.5. The number of nitrogens with zero attached hydrogens (tertiary/aromatic N) is 3. The number of hydrogen-bond acceptors (Lipinski definition) is 2. The number of aryl methyl sites for hydroxylation is 2. The molecule has 0 spiro atoms. The summed E-state index contributed by atoms with van der Waals surface area (Å²) in [5.74, 6) is 0.825. The number of aliphatic imine (C=N–C) groups is 1. The van der Waals surface area contributed by atoms with Crippen LogP contribution in [-0.4, -0.2) is 10.5 Å². The first-order valence-corrected chi connectivity index (χ1v) is 6.82. The van der Waals surface area contributed by atoms with E-state index in [0.717, 1.165) is 11.5 Å². The van der Waals surface area contributed by atoms with Crippen molar-refractivity contribution in [3.63, 3.8) is 0 Å². The van der Waals surface area contributed by atoms with Crippen molar-refractivity contribution >= 4 is 11.5 Å². The molecule has 0 aliphatic carbocycles. The maximum atomic E-state index is 4.70. The molecule has 0 bridgehead atoms. The predicted octanol–water partition coefficient (Wildman–Crippen LogP) is 4.31. The fraction of sp³-hybridized carbons (Fsp3) is 0.235. The van der Waals surface area contributed by atoms with Crippen LogP contribution in [0.5, 0.6) is 0 Å². The van der Waals surface area contributed by atoms with E-state index in [0.29, 0.717) is 0 Å². The van der Waals surface area contributed by atoms with Crippen molar-refractivity contribution in [2.45, 2.75) is 26.9 Å². The van der Waals surface area contributed by atoms with Gasteiger partial charge in [0.25, 0.3) is 0 Å². The summed E-state index contributed by atoms with van der Waals surface area (Å²) in [7, 11) is 0. The molecule has 2 heterocycles. The molecule has 0 amide bonds. The van der Waals surface area contributed by atoms with Crippen LogP contribution in [0.2, 0.25) is 0 Å². The van der Waals surface area contributed by atoms with E-state index >= 15 is 0 Å². The second-order valence-corrected chi connectivity index (χ2v) is 5.47. The molecule has 2 aliphatic rings. The zero-order chi connectivity index (χ0) is 13.9. The summed E-state index contributed by atoms with van der Waals surface area (Å²) in [4.78, 5) is 4.70. The van der Waals surface area contributed by atoms with Crippen molar-refractivity contribution in [1.82, 2.24) is 0 Å². The molecule has 0 fully saturated rings. The fourth-order valence-electron chi connectivity index (χ4n) is 3.21. The van der Waals surface area contributed by atoms with E-state index in [1.807, 2.05) is 23.8 Å². The molecule has 4 rings (SSSR count). The van der Waals surface area contributed by atoms with E-state index in [1.165, 1.54) is 27.8 Å². The Morgan fingerprint density at radius 1 is 1.14 bits per heavy atom. The molecule has 4 heteroatoms. The maximum absolute atomic E-state index is 4.70. The molecule has 0 saturated carbocycles. The van der Waals surface area contributed by atoms with Crippen LogP contribution in [-0.2, 0) is 20.1 Å². The SMILES string of the molecule is CC1=NC2c3c(C)cc(C)cc3-c3ccc[c-]c3[N+]2=N1.[Ir].